The maximum absolute atomic E-state index is 12.3. The first kappa shape index (κ1) is 27.0. The van der Waals surface area contributed by atoms with Gasteiger partial charge in [-0.2, -0.15) is 5.21 Å². The fourth-order valence-electron chi connectivity index (χ4n) is 4.33. The molecule has 0 amide bonds. The number of benzene rings is 1. The molecule has 2 heterocycles. The highest BCUT2D eigenvalue weighted by molar-refractivity contribution is 5.82. The largest absolute Gasteiger partial charge is 0.327 e. The van der Waals surface area contributed by atoms with Crippen molar-refractivity contribution in [1.82, 2.24) is 30.2 Å². The number of Topliss-reactive ketones (excluding diaryl/α,β-unsaturated/α-hetero) is 1. The third-order valence-electron chi connectivity index (χ3n) is 6.23. The summed E-state index contributed by atoms with van der Waals surface area (Å²) in [6.45, 7) is 15.6. The van der Waals surface area contributed by atoms with Gasteiger partial charge in [0.1, 0.15) is 11.6 Å². The zero-order chi connectivity index (χ0) is 25.9. The van der Waals surface area contributed by atoms with E-state index in [1.54, 1.807) is 0 Å². The molecule has 3 rings (SSSR count). The lowest BCUT2D eigenvalue weighted by Gasteiger charge is -2.13. The lowest BCUT2D eigenvalue weighted by Crippen LogP contribution is -2.11. The quantitative estimate of drug-likeness (QED) is 0.262. The monoisotopic (exact) mass is 486 g/mol. The minimum Gasteiger partial charge on any atom is -0.327 e. The second kappa shape index (κ2) is 13.5. The number of aromatic amines is 1. The number of carbonyl (C=O) groups is 1. The summed E-state index contributed by atoms with van der Waals surface area (Å²) in [6, 6.07) is 7.87. The van der Waals surface area contributed by atoms with Crippen LogP contribution >= 0.6 is 0 Å². The normalized spacial score (nSPS) is 11.3. The topological polar surface area (TPSA) is 89.3 Å². The highest BCUT2D eigenvalue weighted by Gasteiger charge is 2.17. The second-order valence-corrected chi connectivity index (χ2v) is 9.05. The van der Waals surface area contributed by atoms with Crippen LogP contribution in [-0.4, -0.2) is 36.0 Å². The van der Waals surface area contributed by atoms with Gasteiger partial charge in [0.15, 0.2) is 0 Å². The van der Waals surface area contributed by atoms with Gasteiger partial charge in [0.05, 0.1) is 5.69 Å². The van der Waals surface area contributed by atoms with Crippen LogP contribution < -0.4 is 0 Å². The van der Waals surface area contributed by atoms with Gasteiger partial charge in [-0.15, -0.1) is 10.2 Å². The molecule has 0 fully saturated rings. The number of ketones is 1. The number of hydrogen-bond acceptors (Lipinski definition) is 5. The van der Waals surface area contributed by atoms with Gasteiger partial charge in [0.25, 0.3) is 0 Å². The molecule has 0 unspecified atom stereocenters. The Kier molecular flexibility index (Phi) is 10.1. The molecule has 1 N–H and O–H groups in total. The summed E-state index contributed by atoms with van der Waals surface area (Å²) in [5, 5.41) is 14.4. The Morgan fingerprint density at radius 2 is 1.86 bits per heavy atom. The molecule has 0 aliphatic rings. The van der Waals surface area contributed by atoms with Crippen molar-refractivity contribution in [1.29, 1.82) is 0 Å². The summed E-state index contributed by atoms with van der Waals surface area (Å²) in [6.07, 6.45) is 10.8. The van der Waals surface area contributed by atoms with Crippen molar-refractivity contribution >= 4 is 11.4 Å². The molecule has 0 saturated heterocycles. The zero-order valence-corrected chi connectivity index (χ0v) is 21.9. The van der Waals surface area contributed by atoms with Crippen LogP contribution in [0, 0.1) is 0 Å². The minimum atomic E-state index is 0.317. The number of nitrogens with zero attached hydrogens (tertiary/aromatic N) is 5. The lowest BCUT2D eigenvalue weighted by molar-refractivity contribution is -0.119. The molecule has 190 valence electrons. The summed E-state index contributed by atoms with van der Waals surface area (Å²) in [5.74, 6) is 1.94. The molecular weight excluding hydrogens is 448 g/mol. The predicted molar refractivity (Wildman–Crippen MR) is 145 cm³/mol. The van der Waals surface area contributed by atoms with E-state index in [4.69, 9.17) is 4.98 Å². The molecule has 0 aliphatic heterocycles. The number of aryl methyl sites for hydroxylation is 2. The van der Waals surface area contributed by atoms with Crippen molar-refractivity contribution in [3.05, 3.63) is 77.9 Å². The van der Waals surface area contributed by atoms with E-state index in [1.807, 2.05) is 43.3 Å². The summed E-state index contributed by atoms with van der Waals surface area (Å²) < 4.78 is 2.29. The molecule has 0 radical (unpaired) electrons. The smallest absolute Gasteiger partial charge is 0.205 e. The molecule has 0 bridgehead atoms. The number of unbranched alkanes of at least 4 members (excludes halogenated alkanes) is 1. The van der Waals surface area contributed by atoms with Gasteiger partial charge in [-0.05, 0) is 47.6 Å². The van der Waals surface area contributed by atoms with Crippen LogP contribution in [0.4, 0.5) is 0 Å². The number of hydrogen-bond donors (Lipinski definition) is 1. The molecule has 0 spiro atoms. The number of rotatable bonds is 15. The van der Waals surface area contributed by atoms with E-state index in [-0.39, 0.29) is 0 Å². The van der Waals surface area contributed by atoms with E-state index in [1.165, 1.54) is 5.69 Å². The first-order chi connectivity index (χ1) is 17.5. The Balaban J connectivity index is 1.81. The molecule has 0 saturated carbocycles. The molecule has 1 aromatic carbocycles. The lowest BCUT2D eigenvalue weighted by atomic mass is 9.99. The number of H-pyrrole nitrogens is 1. The Morgan fingerprint density at radius 3 is 2.56 bits per heavy atom. The molecule has 36 heavy (non-hydrogen) atoms. The summed E-state index contributed by atoms with van der Waals surface area (Å²) in [7, 11) is 0. The number of imidazole rings is 1. The summed E-state index contributed by atoms with van der Waals surface area (Å²) in [4.78, 5) is 17.2. The van der Waals surface area contributed by atoms with Crippen molar-refractivity contribution in [2.45, 2.75) is 78.7 Å². The Labute approximate surface area is 214 Å². The standard InChI is InChI=1S/C29H38N6O/c1-6-9-15-28-30-26(8-3)27(19-18-23(36)12-7-2)35(28)20-21(4)16-17-22(5)24-13-10-11-14-25(24)29-31-33-34-32-29/h10-11,13-14,16-17H,4-9,12,15,18-20H2,1-3H3,(H,31,32,33,34)/b17-16-. The van der Waals surface area contributed by atoms with E-state index in [0.29, 0.717) is 31.0 Å². The van der Waals surface area contributed by atoms with Gasteiger partial charge < -0.3 is 4.57 Å². The van der Waals surface area contributed by atoms with Gasteiger partial charge in [0, 0.05) is 37.1 Å². The number of carbonyl (C=O) groups excluding carboxylic acids is 1. The third kappa shape index (κ3) is 6.97. The van der Waals surface area contributed by atoms with Gasteiger partial charge in [0.2, 0.25) is 5.82 Å². The van der Waals surface area contributed by atoms with Crippen molar-refractivity contribution in [3.63, 3.8) is 0 Å². The number of allylic oxidation sites excluding steroid dienone is 4. The van der Waals surface area contributed by atoms with Crippen LogP contribution in [0.1, 0.15) is 75.7 Å². The van der Waals surface area contributed by atoms with Crippen molar-refractivity contribution in [2.75, 3.05) is 0 Å². The Hall–Kier alpha value is -3.61. The molecule has 7 nitrogen and oxygen atoms in total. The molecule has 3 aromatic rings. The summed E-state index contributed by atoms with van der Waals surface area (Å²) >= 11 is 0. The highest BCUT2D eigenvalue weighted by atomic mass is 16.1. The fraction of sp³-hybridized carbons (Fsp3) is 0.414. The zero-order valence-electron chi connectivity index (χ0n) is 21.9. The van der Waals surface area contributed by atoms with Crippen molar-refractivity contribution in [3.8, 4) is 11.4 Å². The molecule has 0 aliphatic carbocycles. The molecule has 7 heteroatoms. The van der Waals surface area contributed by atoms with Crippen molar-refractivity contribution in [2.24, 2.45) is 0 Å². The van der Waals surface area contributed by atoms with Gasteiger partial charge in [-0.25, -0.2) is 4.98 Å². The average molecular weight is 487 g/mol. The van der Waals surface area contributed by atoms with Crippen LogP contribution in [0.3, 0.4) is 0 Å². The van der Waals surface area contributed by atoms with E-state index in [0.717, 1.165) is 72.3 Å². The third-order valence-corrected chi connectivity index (χ3v) is 6.23. The average Bonchev–Trinajstić information content (AvgIpc) is 3.53. The van der Waals surface area contributed by atoms with E-state index in [2.05, 4.69) is 52.2 Å². The number of aromatic nitrogens is 6. The van der Waals surface area contributed by atoms with Crippen LogP contribution in [-0.2, 0) is 30.6 Å². The Morgan fingerprint density at radius 1 is 1.06 bits per heavy atom. The fourth-order valence-corrected chi connectivity index (χ4v) is 4.33. The van der Waals surface area contributed by atoms with E-state index < -0.39 is 0 Å². The maximum Gasteiger partial charge on any atom is 0.205 e. The Bertz CT molecular complexity index is 1200. The number of nitrogens with one attached hydrogen (secondary N) is 1. The second-order valence-electron chi connectivity index (χ2n) is 9.05. The number of tetrazole rings is 1. The van der Waals surface area contributed by atoms with Crippen LogP contribution in [0.25, 0.3) is 17.0 Å². The van der Waals surface area contributed by atoms with E-state index in [9.17, 15) is 4.79 Å². The van der Waals surface area contributed by atoms with Crippen molar-refractivity contribution < 1.29 is 4.79 Å². The van der Waals surface area contributed by atoms with Gasteiger partial charge in [-0.3, -0.25) is 4.79 Å². The van der Waals surface area contributed by atoms with Crippen LogP contribution in [0.15, 0.2) is 55.1 Å². The molecule has 2 aromatic heterocycles. The van der Waals surface area contributed by atoms with Gasteiger partial charge in [-0.1, -0.05) is 76.8 Å². The molecular formula is C29H38N6O. The molecule has 0 atom stereocenters. The maximum atomic E-state index is 12.3. The SMILES string of the molecule is C=C(/C=C\C(=C)c1ccccc1-c1nn[nH]n1)Cn1c(CCCC)nc(CC)c1CCC(=O)CCC. The summed E-state index contributed by atoms with van der Waals surface area (Å²) in [5.41, 5.74) is 5.87. The van der Waals surface area contributed by atoms with Gasteiger partial charge >= 0.3 is 0 Å². The predicted octanol–water partition coefficient (Wildman–Crippen LogP) is 6.10. The van der Waals surface area contributed by atoms with Crippen LogP contribution in [0.2, 0.25) is 0 Å². The van der Waals surface area contributed by atoms with E-state index >= 15 is 0 Å². The first-order valence-electron chi connectivity index (χ1n) is 12.9. The minimum absolute atomic E-state index is 0.317. The highest BCUT2D eigenvalue weighted by Crippen LogP contribution is 2.26. The van der Waals surface area contributed by atoms with Crippen LogP contribution in [0.5, 0.6) is 0 Å². The first-order valence-corrected chi connectivity index (χ1v) is 12.9.